The van der Waals surface area contributed by atoms with Crippen molar-refractivity contribution in [2.45, 2.75) is 25.4 Å². The van der Waals surface area contributed by atoms with Gasteiger partial charge < -0.3 is 14.4 Å². The lowest BCUT2D eigenvalue weighted by Crippen LogP contribution is -2.59. The van der Waals surface area contributed by atoms with E-state index in [9.17, 15) is 24.0 Å². The Hall–Kier alpha value is -4.59. The molecule has 6 rings (SSSR count). The number of Topliss-reactive ketones (excluding diaryl/α,β-unsaturated/α-hetero) is 2. The first-order valence-electron chi connectivity index (χ1n) is 12.4. The van der Waals surface area contributed by atoms with Gasteiger partial charge in [0.2, 0.25) is 0 Å². The standard InChI is InChI=1S/C30H23NO7/c1-3-37-27(34)18-12-14-19(15-13-18)31-24(17-10-8-16(2)9-11-17)22-23(29(36)38-28(22)35)30(31)25(32)20-6-4-5-7-21(20)26(30)33/h4-15,22-24H,3H2,1-2H3/t22-,23+,24+/m0/s1. The van der Waals surface area contributed by atoms with Crippen LogP contribution in [0.5, 0.6) is 0 Å². The predicted octanol–water partition coefficient (Wildman–Crippen LogP) is 3.87. The summed E-state index contributed by atoms with van der Waals surface area (Å²) in [5.41, 5.74) is 0.710. The first-order valence-corrected chi connectivity index (χ1v) is 12.4. The molecule has 0 unspecified atom stereocenters. The van der Waals surface area contributed by atoms with Crippen LogP contribution in [-0.2, 0) is 19.1 Å². The van der Waals surface area contributed by atoms with E-state index in [1.54, 1.807) is 60.4 Å². The van der Waals surface area contributed by atoms with Gasteiger partial charge in [0.05, 0.1) is 24.1 Å². The number of nitrogens with zero attached hydrogens (tertiary/aromatic N) is 1. The molecule has 8 nitrogen and oxygen atoms in total. The van der Waals surface area contributed by atoms with Crippen LogP contribution >= 0.6 is 0 Å². The summed E-state index contributed by atoms with van der Waals surface area (Å²) in [6, 6.07) is 19.3. The van der Waals surface area contributed by atoms with Crippen molar-refractivity contribution >= 4 is 35.2 Å². The summed E-state index contributed by atoms with van der Waals surface area (Å²) in [7, 11) is 0. The zero-order chi connectivity index (χ0) is 26.8. The van der Waals surface area contributed by atoms with Crippen LogP contribution in [0.3, 0.4) is 0 Å². The normalized spacial score (nSPS) is 23.0. The van der Waals surface area contributed by atoms with Crippen LogP contribution in [0.25, 0.3) is 0 Å². The van der Waals surface area contributed by atoms with E-state index in [1.165, 1.54) is 0 Å². The summed E-state index contributed by atoms with van der Waals surface area (Å²) in [5, 5.41) is 0. The number of benzene rings is 3. The number of carbonyl (C=O) groups excluding carboxylic acids is 5. The van der Waals surface area contributed by atoms with Gasteiger partial charge in [-0.15, -0.1) is 0 Å². The molecule has 3 atom stereocenters. The number of hydrogen-bond acceptors (Lipinski definition) is 8. The highest BCUT2D eigenvalue weighted by molar-refractivity contribution is 6.37. The zero-order valence-corrected chi connectivity index (χ0v) is 20.7. The predicted molar refractivity (Wildman–Crippen MR) is 135 cm³/mol. The highest BCUT2D eigenvalue weighted by atomic mass is 16.6. The lowest BCUT2D eigenvalue weighted by atomic mass is 9.76. The van der Waals surface area contributed by atoms with Gasteiger partial charge in [0.15, 0.2) is 17.1 Å². The summed E-state index contributed by atoms with van der Waals surface area (Å²) in [6.07, 6.45) is 0. The zero-order valence-electron chi connectivity index (χ0n) is 20.7. The maximum absolute atomic E-state index is 14.2. The van der Waals surface area contributed by atoms with E-state index in [1.807, 2.05) is 31.2 Å². The molecule has 0 amide bonds. The van der Waals surface area contributed by atoms with Gasteiger partial charge in [-0.2, -0.15) is 0 Å². The van der Waals surface area contributed by atoms with E-state index < -0.39 is 52.9 Å². The van der Waals surface area contributed by atoms with Crippen LogP contribution in [0.15, 0.2) is 72.8 Å². The van der Waals surface area contributed by atoms with Crippen LogP contribution in [0.1, 0.15) is 55.2 Å². The Morgan fingerprint density at radius 3 is 2.05 bits per heavy atom. The molecule has 0 aromatic heterocycles. The Morgan fingerprint density at radius 1 is 0.868 bits per heavy atom. The lowest BCUT2D eigenvalue weighted by molar-refractivity contribution is -0.154. The van der Waals surface area contributed by atoms with E-state index in [2.05, 4.69) is 0 Å². The van der Waals surface area contributed by atoms with E-state index in [0.717, 1.165) is 5.56 Å². The summed E-state index contributed by atoms with van der Waals surface area (Å²) < 4.78 is 10.2. The van der Waals surface area contributed by atoms with Crippen molar-refractivity contribution in [3.63, 3.8) is 0 Å². The van der Waals surface area contributed by atoms with Gasteiger partial charge >= 0.3 is 17.9 Å². The summed E-state index contributed by atoms with van der Waals surface area (Å²) in [4.78, 5) is 68.8. The maximum atomic E-state index is 14.2. The number of ketones is 2. The molecule has 3 aromatic carbocycles. The Bertz CT molecular complexity index is 1490. The van der Waals surface area contributed by atoms with E-state index >= 15 is 0 Å². The van der Waals surface area contributed by atoms with Gasteiger partial charge in [0.1, 0.15) is 5.92 Å². The van der Waals surface area contributed by atoms with Crippen LogP contribution in [-0.4, -0.2) is 41.6 Å². The fraction of sp³-hybridized carbons (Fsp3) is 0.233. The maximum Gasteiger partial charge on any atom is 0.338 e. The molecule has 3 aliphatic rings. The first-order chi connectivity index (χ1) is 18.3. The van der Waals surface area contributed by atoms with Gasteiger partial charge in [-0.25, -0.2) is 4.79 Å². The Morgan fingerprint density at radius 2 is 1.47 bits per heavy atom. The van der Waals surface area contributed by atoms with Gasteiger partial charge in [-0.3, -0.25) is 19.2 Å². The summed E-state index contributed by atoms with van der Waals surface area (Å²) in [6.45, 7) is 3.83. The van der Waals surface area contributed by atoms with Crippen LogP contribution in [0, 0.1) is 18.8 Å². The molecule has 0 radical (unpaired) electrons. The minimum Gasteiger partial charge on any atom is -0.462 e. The number of aryl methyl sites for hydroxylation is 1. The second-order valence-electron chi connectivity index (χ2n) is 9.71. The van der Waals surface area contributed by atoms with Crippen LogP contribution in [0.2, 0.25) is 0 Å². The van der Waals surface area contributed by atoms with Crippen molar-refractivity contribution in [3.8, 4) is 0 Å². The van der Waals surface area contributed by atoms with Crippen molar-refractivity contribution in [1.82, 2.24) is 0 Å². The second kappa shape index (κ2) is 8.48. The number of ether oxygens (including phenoxy) is 2. The quantitative estimate of drug-likeness (QED) is 0.386. The van der Waals surface area contributed by atoms with Gasteiger partial charge in [0.25, 0.3) is 0 Å². The molecule has 2 aliphatic heterocycles. The fourth-order valence-electron chi connectivity index (χ4n) is 6.14. The van der Waals surface area contributed by atoms with E-state index in [0.29, 0.717) is 16.8 Å². The van der Waals surface area contributed by atoms with Gasteiger partial charge in [0, 0.05) is 16.8 Å². The third kappa shape index (κ3) is 3.06. The number of carbonyl (C=O) groups is 5. The topological polar surface area (TPSA) is 107 Å². The third-order valence-corrected chi connectivity index (χ3v) is 7.72. The SMILES string of the molecule is CCOC(=O)c1ccc(N2[C@H](c3ccc(C)cc3)[C@H]3C(=O)OC(=O)[C@@H]3C23C(=O)c2ccccc2C3=O)cc1. The van der Waals surface area contributed by atoms with Gasteiger partial charge in [-0.1, -0.05) is 54.1 Å². The number of anilines is 1. The number of hydrogen-bond donors (Lipinski definition) is 0. The molecule has 2 fully saturated rings. The molecular weight excluding hydrogens is 486 g/mol. The average molecular weight is 510 g/mol. The van der Waals surface area contributed by atoms with Crippen LogP contribution < -0.4 is 4.90 Å². The first kappa shape index (κ1) is 23.8. The Labute approximate surface area is 218 Å². The molecule has 0 bridgehead atoms. The van der Waals surface area contributed by atoms with Gasteiger partial charge in [-0.05, 0) is 43.7 Å². The minimum atomic E-state index is -2.02. The number of rotatable bonds is 4. The monoisotopic (exact) mass is 509 g/mol. The molecule has 1 spiro atoms. The molecule has 38 heavy (non-hydrogen) atoms. The van der Waals surface area contributed by atoms with Crippen molar-refractivity contribution in [2.24, 2.45) is 11.8 Å². The fourth-order valence-corrected chi connectivity index (χ4v) is 6.14. The van der Waals surface area contributed by atoms with Crippen molar-refractivity contribution in [1.29, 1.82) is 0 Å². The highest BCUT2D eigenvalue weighted by Gasteiger charge is 2.76. The number of fused-ring (bicyclic) bond motifs is 3. The second-order valence-corrected chi connectivity index (χ2v) is 9.71. The molecule has 190 valence electrons. The number of esters is 3. The molecular formula is C30H23NO7. The highest BCUT2D eigenvalue weighted by Crippen LogP contribution is 2.59. The lowest BCUT2D eigenvalue weighted by Gasteiger charge is -2.39. The van der Waals surface area contributed by atoms with Crippen molar-refractivity contribution in [2.75, 3.05) is 11.5 Å². The van der Waals surface area contributed by atoms with E-state index in [4.69, 9.17) is 9.47 Å². The molecule has 2 heterocycles. The van der Waals surface area contributed by atoms with E-state index in [-0.39, 0.29) is 17.7 Å². The molecule has 3 aromatic rings. The summed E-state index contributed by atoms with van der Waals surface area (Å²) in [5.74, 6) is -5.70. The largest absolute Gasteiger partial charge is 0.462 e. The molecule has 2 saturated heterocycles. The minimum absolute atomic E-state index is 0.195. The summed E-state index contributed by atoms with van der Waals surface area (Å²) >= 11 is 0. The Balaban J connectivity index is 1.61. The van der Waals surface area contributed by atoms with Crippen molar-refractivity contribution < 1.29 is 33.4 Å². The molecule has 0 N–H and O–H groups in total. The number of cyclic esters (lactones) is 2. The molecule has 8 heteroatoms. The smallest absolute Gasteiger partial charge is 0.338 e. The molecule has 0 saturated carbocycles. The third-order valence-electron chi connectivity index (χ3n) is 7.72. The van der Waals surface area contributed by atoms with Crippen LogP contribution in [0.4, 0.5) is 5.69 Å². The molecule has 1 aliphatic carbocycles. The Kier molecular flexibility index (Phi) is 5.31. The average Bonchev–Trinajstić information content (AvgIpc) is 3.48. The van der Waals surface area contributed by atoms with Crippen molar-refractivity contribution in [3.05, 3.63) is 101 Å².